The SMILES string of the molecule is CCCCSc1nnc(-c2ccco2)n1C1CCCCC1. The lowest BCUT2D eigenvalue weighted by Crippen LogP contribution is -2.15. The summed E-state index contributed by atoms with van der Waals surface area (Å²) in [6, 6.07) is 4.42. The van der Waals surface area contributed by atoms with Crippen LogP contribution in [0.15, 0.2) is 28.0 Å². The molecule has 2 aromatic heterocycles. The first kappa shape index (κ1) is 14.7. The molecular weight excluding hydrogens is 282 g/mol. The summed E-state index contributed by atoms with van der Waals surface area (Å²) in [5.41, 5.74) is 0. The van der Waals surface area contributed by atoms with E-state index in [0.717, 1.165) is 22.5 Å². The molecule has 1 aliphatic carbocycles. The highest BCUT2D eigenvalue weighted by Crippen LogP contribution is 2.35. The Hall–Kier alpha value is -1.23. The fraction of sp³-hybridized carbons (Fsp3) is 0.625. The zero-order valence-corrected chi connectivity index (χ0v) is 13.4. The van der Waals surface area contributed by atoms with E-state index in [0.29, 0.717) is 6.04 Å². The lowest BCUT2D eigenvalue weighted by molar-refractivity contribution is 0.337. The van der Waals surface area contributed by atoms with Gasteiger partial charge in [0.2, 0.25) is 5.82 Å². The first-order valence-corrected chi connectivity index (χ1v) is 9.00. The lowest BCUT2D eigenvalue weighted by Gasteiger charge is -2.25. The van der Waals surface area contributed by atoms with Crippen molar-refractivity contribution >= 4 is 11.8 Å². The molecule has 2 heterocycles. The van der Waals surface area contributed by atoms with Crippen molar-refractivity contribution in [2.75, 3.05) is 5.75 Å². The van der Waals surface area contributed by atoms with Crippen LogP contribution in [0.1, 0.15) is 57.9 Å². The Morgan fingerprint density at radius 2 is 2.14 bits per heavy atom. The van der Waals surface area contributed by atoms with E-state index in [9.17, 15) is 0 Å². The van der Waals surface area contributed by atoms with Gasteiger partial charge in [0.1, 0.15) is 0 Å². The number of hydrogen-bond acceptors (Lipinski definition) is 4. The van der Waals surface area contributed by atoms with Crippen molar-refractivity contribution in [3.63, 3.8) is 0 Å². The maximum absolute atomic E-state index is 5.56. The predicted molar refractivity (Wildman–Crippen MR) is 85.5 cm³/mol. The smallest absolute Gasteiger partial charge is 0.200 e. The highest BCUT2D eigenvalue weighted by molar-refractivity contribution is 7.99. The topological polar surface area (TPSA) is 43.9 Å². The molecule has 0 amide bonds. The van der Waals surface area contributed by atoms with Crippen LogP contribution in [0, 0.1) is 0 Å². The highest BCUT2D eigenvalue weighted by atomic mass is 32.2. The maximum Gasteiger partial charge on any atom is 0.200 e. The molecule has 0 N–H and O–H groups in total. The van der Waals surface area contributed by atoms with Gasteiger partial charge in [-0.2, -0.15) is 0 Å². The Kier molecular flexibility index (Phi) is 5.01. The molecule has 0 saturated heterocycles. The summed E-state index contributed by atoms with van der Waals surface area (Å²) in [4.78, 5) is 0. The maximum atomic E-state index is 5.56. The van der Waals surface area contributed by atoms with Crippen molar-refractivity contribution in [1.82, 2.24) is 14.8 Å². The van der Waals surface area contributed by atoms with E-state index >= 15 is 0 Å². The quantitative estimate of drug-likeness (QED) is 0.560. The molecule has 21 heavy (non-hydrogen) atoms. The van der Waals surface area contributed by atoms with Gasteiger partial charge in [-0.25, -0.2) is 0 Å². The molecule has 0 aliphatic heterocycles. The number of furan rings is 1. The second-order valence-corrected chi connectivity index (χ2v) is 6.71. The third-order valence-corrected chi connectivity index (χ3v) is 5.10. The molecule has 0 bridgehead atoms. The van der Waals surface area contributed by atoms with Crippen molar-refractivity contribution in [3.8, 4) is 11.6 Å². The minimum Gasteiger partial charge on any atom is -0.461 e. The molecule has 4 nitrogen and oxygen atoms in total. The van der Waals surface area contributed by atoms with Gasteiger partial charge in [-0.3, -0.25) is 4.57 Å². The van der Waals surface area contributed by atoms with Crippen molar-refractivity contribution < 1.29 is 4.42 Å². The van der Waals surface area contributed by atoms with Crippen LogP contribution in [0.3, 0.4) is 0 Å². The number of hydrogen-bond donors (Lipinski definition) is 0. The summed E-state index contributed by atoms with van der Waals surface area (Å²) in [5, 5.41) is 9.90. The van der Waals surface area contributed by atoms with Gasteiger partial charge in [0.15, 0.2) is 10.9 Å². The Morgan fingerprint density at radius 1 is 1.29 bits per heavy atom. The van der Waals surface area contributed by atoms with Crippen molar-refractivity contribution in [1.29, 1.82) is 0 Å². The van der Waals surface area contributed by atoms with Gasteiger partial charge in [0, 0.05) is 11.8 Å². The average Bonchev–Trinajstić information content (AvgIpc) is 3.17. The van der Waals surface area contributed by atoms with Gasteiger partial charge in [0.25, 0.3) is 0 Å². The molecule has 1 aliphatic rings. The Bertz CT molecular complexity index is 544. The summed E-state index contributed by atoms with van der Waals surface area (Å²) in [5.74, 6) is 2.83. The van der Waals surface area contributed by atoms with Crippen molar-refractivity contribution in [2.24, 2.45) is 0 Å². The molecule has 5 heteroatoms. The zero-order chi connectivity index (χ0) is 14.5. The van der Waals surface area contributed by atoms with E-state index in [-0.39, 0.29) is 0 Å². The fourth-order valence-corrected chi connectivity index (χ4v) is 4.01. The molecule has 0 spiro atoms. The van der Waals surface area contributed by atoms with Crippen molar-refractivity contribution in [2.45, 2.75) is 63.1 Å². The van der Waals surface area contributed by atoms with Crippen LogP contribution in [-0.4, -0.2) is 20.5 Å². The molecule has 2 aromatic rings. The molecule has 1 saturated carbocycles. The summed E-state index contributed by atoms with van der Waals surface area (Å²) in [6.45, 7) is 2.22. The second-order valence-electron chi connectivity index (χ2n) is 5.65. The van der Waals surface area contributed by atoms with Crippen LogP contribution in [0.25, 0.3) is 11.6 Å². The largest absolute Gasteiger partial charge is 0.461 e. The van der Waals surface area contributed by atoms with Gasteiger partial charge < -0.3 is 4.42 Å². The third-order valence-electron chi connectivity index (χ3n) is 4.07. The minimum absolute atomic E-state index is 0.526. The Labute approximate surface area is 130 Å². The third kappa shape index (κ3) is 3.34. The average molecular weight is 305 g/mol. The molecule has 3 rings (SSSR count). The van der Waals surface area contributed by atoms with Crippen LogP contribution < -0.4 is 0 Å². The summed E-state index contributed by atoms with van der Waals surface area (Å²) >= 11 is 1.83. The first-order chi connectivity index (χ1) is 10.4. The number of thioether (sulfide) groups is 1. The van der Waals surface area contributed by atoms with E-state index in [1.54, 1.807) is 6.26 Å². The van der Waals surface area contributed by atoms with E-state index < -0.39 is 0 Å². The number of rotatable bonds is 6. The molecule has 1 fully saturated rings. The number of nitrogens with zero attached hydrogens (tertiary/aromatic N) is 3. The van der Waals surface area contributed by atoms with Gasteiger partial charge >= 0.3 is 0 Å². The molecule has 0 radical (unpaired) electrons. The van der Waals surface area contributed by atoms with Gasteiger partial charge in [-0.05, 0) is 31.4 Å². The van der Waals surface area contributed by atoms with Crippen LogP contribution in [0.4, 0.5) is 0 Å². The normalized spacial score (nSPS) is 16.4. The first-order valence-electron chi connectivity index (χ1n) is 8.01. The van der Waals surface area contributed by atoms with Crippen molar-refractivity contribution in [3.05, 3.63) is 18.4 Å². The van der Waals surface area contributed by atoms with Crippen LogP contribution in [0.2, 0.25) is 0 Å². The van der Waals surface area contributed by atoms with E-state index in [4.69, 9.17) is 4.42 Å². The summed E-state index contributed by atoms with van der Waals surface area (Å²) in [6.07, 6.45) is 10.6. The van der Waals surface area contributed by atoms with Crippen LogP contribution in [0.5, 0.6) is 0 Å². The molecular formula is C16H23N3OS. The minimum atomic E-state index is 0.526. The Balaban J connectivity index is 1.89. The van der Waals surface area contributed by atoms with Gasteiger partial charge in [0.05, 0.1) is 6.26 Å². The van der Waals surface area contributed by atoms with Crippen LogP contribution in [-0.2, 0) is 0 Å². The molecule has 114 valence electrons. The van der Waals surface area contributed by atoms with E-state index in [1.165, 1.54) is 44.9 Å². The number of unbranched alkanes of at least 4 members (excludes halogenated alkanes) is 1. The Morgan fingerprint density at radius 3 is 2.86 bits per heavy atom. The number of aromatic nitrogens is 3. The standard InChI is InChI=1S/C16H23N3OS/c1-2-3-12-21-16-18-17-15(14-10-7-11-20-14)19(16)13-8-5-4-6-9-13/h7,10-11,13H,2-6,8-9,12H2,1H3. The van der Waals surface area contributed by atoms with Gasteiger partial charge in [-0.1, -0.05) is 44.4 Å². The van der Waals surface area contributed by atoms with Crippen LogP contribution >= 0.6 is 11.8 Å². The second kappa shape index (κ2) is 7.16. The molecule has 0 atom stereocenters. The lowest BCUT2D eigenvalue weighted by atomic mass is 9.95. The zero-order valence-electron chi connectivity index (χ0n) is 12.6. The predicted octanol–water partition coefficient (Wildman–Crippen LogP) is 4.94. The molecule has 0 unspecified atom stereocenters. The fourth-order valence-electron chi connectivity index (χ4n) is 2.93. The summed E-state index contributed by atoms with van der Waals surface area (Å²) < 4.78 is 7.89. The monoisotopic (exact) mass is 305 g/mol. The van der Waals surface area contributed by atoms with E-state index in [2.05, 4.69) is 21.7 Å². The summed E-state index contributed by atoms with van der Waals surface area (Å²) in [7, 11) is 0. The van der Waals surface area contributed by atoms with Gasteiger partial charge in [-0.15, -0.1) is 10.2 Å². The highest BCUT2D eigenvalue weighted by Gasteiger charge is 2.24. The van der Waals surface area contributed by atoms with E-state index in [1.807, 2.05) is 23.9 Å². The molecule has 0 aromatic carbocycles.